The Morgan fingerprint density at radius 2 is 1.88 bits per heavy atom. The summed E-state index contributed by atoms with van der Waals surface area (Å²) in [6.45, 7) is 6.53. The monoisotopic (exact) mass is 235 g/mol. The maximum Gasteiger partial charge on any atom is 0.128 e. The standard InChI is InChI=1S/C14H21NO2/c1-14(2,3)17-13-6-4-5-12(11(13)9-15)16-10-7-8-10/h4-6,10H,7-9,15H2,1-3H3. The third-order valence-corrected chi connectivity index (χ3v) is 2.53. The fourth-order valence-electron chi connectivity index (χ4n) is 1.65. The molecule has 0 aliphatic heterocycles. The van der Waals surface area contributed by atoms with Crippen LogP contribution in [0.1, 0.15) is 39.2 Å². The highest BCUT2D eigenvalue weighted by Crippen LogP contribution is 2.34. The Morgan fingerprint density at radius 1 is 1.24 bits per heavy atom. The highest BCUT2D eigenvalue weighted by molar-refractivity contribution is 5.45. The van der Waals surface area contributed by atoms with Crippen LogP contribution in [0.2, 0.25) is 0 Å². The molecule has 1 aromatic carbocycles. The lowest BCUT2D eigenvalue weighted by atomic mass is 10.1. The Bertz CT molecular complexity index is 392. The van der Waals surface area contributed by atoms with Gasteiger partial charge in [0, 0.05) is 12.1 Å². The van der Waals surface area contributed by atoms with Crippen molar-refractivity contribution in [3.63, 3.8) is 0 Å². The van der Waals surface area contributed by atoms with Crippen LogP contribution in [-0.2, 0) is 6.54 Å². The van der Waals surface area contributed by atoms with Crippen molar-refractivity contribution in [3.8, 4) is 11.5 Å². The first-order valence-electron chi connectivity index (χ1n) is 6.17. The third-order valence-electron chi connectivity index (χ3n) is 2.53. The summed E-state index contributed by atoms with van der Waals surface area (Å²) < 4.78 is 11.7. The van der Waals surface area contributed by atoms with Crippen LogP contribution in [0, 0.1) is 0 Å². The fourth-order valence-corrected chi connectivity index (χ4v) is 1.65. The van der Waals surface area contributed by atoms with Crippen LogP contribution in [-0.4, -0.2) is 11.7 Å². The van der Waals surface area contributed by atoms with E-state index >= 15 is 0 Å². The van der Waals surface area contributed by atoms with Crippen molar-refractivity contribution in [1.82, 2.24) is 0 Å². The normalized spacial score (nSPS) is 15.8. The minimum Gasteiger partial charge on any atom is -0.490 e. The van der Waals surface area contributed by atoms with Crippen molar-refractivity contribution in [2.75, 3.05) is 0 Å². The van der Waals surface area contributed by atoms with Crippen LogP contribution in [0.5, 0.6) is 11.5 Å². The summed E-state index contributed by atoms with van der Waals surface area (Å²) in [4.78, 5) is 0. The Morgan fingerprint density at radius 3 is 2.41 bits per heavy atom. The van der Waals surface area contributed by atoms with Gasteiger partial charge in [0.2, 0.25) is 0 Å². The third kappa shape index (κ3) is 3.37. The van der Waals surface area contributed by atoms with Gasteiger partial charge in [-0.05, 0) is 45.7 Å². The lowest BCUT2D eigenvalue weighted by molar-refractivity contribution is 0.128. The van der Waals surface area contributed by atoms with Crippen molar-refractivity contribution < 1.29 is 9.47 Å². The molecule has 1 aliphatic carbocycles. The van der Waals surface area contributed by atoms with Crippen molar-refractivity contribution >= 4 is 0 Å². The van der Waals surface area contributed by atoms with E-state index in [1.54, 1.807) is 0 Å². The van der Waals surface area contributed by atoms with Crippen LogP contribution in [0.15, 0.2) is 18.2 Å². The average molecular weight is 235 g/mol. The molecule has 0 bridgehead atoms. The molecule has 1 saturated carbocycles. The van der Waals surface area contributed by atoms with E-state index in [1.165, 1.54) is 0 Å². The zero-order valence-corrected chi connectivity index (χ0v) is 10.8. The van der Waals surface area contributed by atoms with Gasteiger partial charge in [0.25, 0.3) is 0 Å². The second kappa shape index (κ2) is 4.57. The predicted octanol–water partition coefficient (Wildman–Crippen LogP) is 2.86. The first-order valence-corrected chi connectivity index (χ1v) is 6.17. The lowest BCUT2D eigenvalue weighted by Gasteiger charge is -2.24. The van der Waals surface area contributed by atoms with Gasteiger partial charge in [-0.25, -0.2) is 0 Å². The summed E-state index contributed by atoms with van der Waals surface area (Å²) in [5, 5.41) is 0. The van der Waals surface area contributed by atoms with Crippen LogP contribution in [0.4, 0.5) is 0 Å². The van der Waals surface area contributed by atoms with Gasteiger partial charge in [0.05, 0.1) is 6.10 Å². The van der Waals surface area contributed by atoms with Crippen molar-refractivity contribution in [2.24, 2.45) is 5.73 Å². The Kier molecular flexibility index (Phi) is 3.29. The fraction of sp³-hybridized carbons (Fsp3) is 0.571. The molecular weight excluding hydrogens is 214 g/mol. The molecule has 0 aromatic heterocycles. The zero-order chi connectivity index (χ0) is 12.5. The average Bonchev–Trinajstić information content (AvgIpc) is 2.99. The second-order valence-electron chi connectivity index (χ2n) is 5.47. The van der Waals surface area contributed by atoms with E-state index in [9.17, 15) is 0 Å². The van der Waals surface area contributed by atoms with E-state index in [0.29, 0.717) is 12.6 Å². The van der Waals surface area contributed by atoms with Gasteiger partial charge in [0.1, 0.15) is 17.1 Å². The molecule has 0 unspecified atom stereocenters. The number of rotatable bonds is 4. The van der Waals surface area contributed by atoms with Gasteiger partial charge < -0.3 is 15.2 Å². The van der Waals surface area contributed by atoms with Crippen molar-refractivity contribution in [3.05, 3.63) is 23.8 Å². The molecule has 0 atom stereocenters. The van der Waals surface area contributed by atoms with E-state index in [-0.39, 0.29) is 5.60 Å². The Balaban J connectivity index is 2.24. The molecule has 1 fully saturated rings. The summed E-state index contributed by atoms with van der Waals surface area (Å²) >= 11 is 0. The van der Waals surface area contributed by atoms with E-state index in [0.717, 1.165) is 29.9 Å². The molecule has 2 N–H and O–H groups in total. The quantitative estimate of drug-likeness (QED) is 0.872. The second-order valence-corrected chi connectivity index (χ2v) is 5.47. The van der Waals surface area contributed by atoms with Crippen LogP contribution in [0.3, 0.4) is 0 Å². The first kappa shape index (κ1) is 12.2. The lowest BCUT2D eigenvalue weighted by Crippen LogP contribution is -2.24. The molecule has 0 spiro atoms. The molecule has 1 aliphatic rings. The van der Waals surface area contributed by atoms with Gasteiger partial charge in [-0.1, -0.05) is 6.07 Å². The first-order chi connectivity index (χ1) is 7.99. The smallest absolute Gasteiger partial charge is 0.128 e. The summed E-state index contributed by atoms with van der Waals surface area (Å²) in [5.41, 5.74) is 6.55. The summed E-state index contributed by atoms with van der Waals surface area (Å²) in [5.74, 6) is 1.70. The van der Waals surface area contributed by atoms with Gasteiger partial charge >= 0.3 is 0 Å². The predicted molar refractivity (Wildman–Crippen MR) is 68.4 cm³/mol. The summed E-state index contributed by atoms with van der Waals surface area (Å²) in [6.07, 6.45) is 2.67. The molecule has 17 heavy (non-hydrogen) atoms. The van der Waals surface area contributed by atoms with Crippen molar-refractivity contribution in [2.45, 2.75) is 51.9 Å². The number of nitrogens with two attached hydrogens (primary N) is 1. The van der Waals surface area contributed by atoms with E-state index in [1.807, 2.05) is 39.0 Å². The SMILES string of the molecule is CC(C)(C)Oc1cccc(OC2CC2)c1CN. The topological polar surface area (TPSA) is 44.5 Å². The molecule has 2 rings (SSSR count). The molecule has 1 aromatic rings. The highest BCUT2D eigenvalue weighted by Gasteiger charge is 2.25. The highest BCUT2D eigenvalue weighted by atomic mass is 16.5. The number of hydrogen-bond donors (Lipinski definition) is 1. The van der Waals surface area contributed by atoms with Crippen LogP contribution >= 0.6 is 0 Å². The number of benzene rings is 1. The zero-order valence-electron chi connectivity index (χ0n) is 10.8. The van der Waals surface area contributed by atoms with E-state index in [4.69, 9.17) is 15.2 Å². The molecule has 0 radical (unpaired) electrons. The van der Waals surface area contributed by atoms with Gasteiger partial charge in [-0.3, -0.25) is 0 Å². The van der Waals surface area contributed by atoms with Crippen LogP contribution < -0.4 is 15.2 Å². The molecule has 3 nitrogen and oxygen atoms in total. The molecule has 0 amide bonds. The largest absolute Gasteiger partial charge is 0.490 e. The van der Waals surface area contributed by atoms with E-state index < -0.39 is 0 Å². The van der Waals surface area contributed by atoms with Gasteiger partial charge in [-0.15, -0.1) is 0 Å². The summed E-state index contributed by atoms with van der Waals surface area (Å²) in [6, 6.07) is 5.88. The molecule has 3 heteroatoms. The number of ether oxygens (including phenoxy) is 2. The van der Waals surface area contributed by atoms with Crippen molar-refractivity contribution in [1.29, 1.82) is 0 Å². The van der Waals surface area contributed by atoms with Gasteiger partial charge in [-0.2, -0.15) is 0 Å². The molecule has 94 valence electrons. The van der Waals surface area contributed by atoms with Crippen LogP contribution in [0.25, 0.3) is 0 Å². The summed E-state index contributed by atoms with van der Waals surface area (Å²) in [7, 11) is 0. The Hall–Kier alpha value is -1.22. The molecule has 0 heterocycles. The molecular formula is C14H21NO2. The Labute approximate surface area is 103 Å². The van der Waals surface area contributed by atoms with Gasteiger partial charge in [0.15, 0.2) is 0 Å². The minimum absolute atomic E-state index is 0.220. The maximum absolute atomic E-state index is 5.91. The molecule has 0 saturated heterocycles. The van der Waals surface area contributed by atoms with E-state index in [2.05, 4.69) is 0 Å². The minimum atomic E-state index is -0.220. The maximum atomic E-state index is 5.91. The number of hydrogen-bond acceptors (Lipinski definition) is 3.